The third-order valence-electron chi connectivity index (χ3n) is 2.59. The molecule has 0 spiro atoms. The quantitative estimate of drug-likeness (QED) is 0.806. The number of rotatable bonds is 6. The van der Waals surface area contributed by atoms with E-state index in [0.29, 0.717) is 12.4 Å². The van der Waals surface area contributed by atoms with Crippen molar-refractivity contribution in [3.05, 3.63) is 35.7 Å². The lowest BCUT2D eigenvalue weighted by molar-refractivity contribution is 0.283. The second-order valence-corrected chi connectivity index (χ2v) is 4.04. The van der Waals surface area contributed by atoms with Crippen molar-refractivity contribution in [2.45, 2.75) is 32.9 Å². The van der Waals surface area contributed by atoms with E-state index in [0.717, 1.165) is 25.0 Å². The van der Waals surface area contributed by atoms with Crippen LogP contribution in [-0.2, 0) is 13.2 Å². The number of ether oxygens (including phenoxy) is 1. The van der Waals surface area contributed by atoms with E-state index in [1.807, 2.05) is 0 Å². The van der Waals surface area contributed by atoms with Gasteiger partial charge in [0, 0.05) is 12.6 Å². The van der Waals surface area contributed by atoms with Crippen LogP contribution in [0, 0.1) is 11.6 Å². The number of nitrogens with zero attached hydrogens (tertiary/aromatic N) is 4. The molecule has 0 saturated carbocycles. The maximum atomic E-state index is 13.0. The zero-order valence-corrected chi connectivity index (χ0v) is 10.5. The Morgan fingerprint density at radius 1 is 1.26 bits per heavy atom. The molecule has 0 amide bonds. The lowest BCUT2D eigenvalue weighted by atomic mass is 10.3. The summed E-state index contributed by atoms with van der Waals surface area (Å²) in [5.41, 5.74) is 0. The Morgan fingerprint density at radius 3 is 2.84 bits per heavy atom. The lowest BCUT2D eigenvalue weighted by Crippen LogP contribution is -2.09. The lowest BCUT2D eigenvalue weighted by Gasteiger charge is -2.06. The van der Waals surface area contributed by atoms with Crippen LogP contribution in [-0.4, -0.2) is 20.2 Å². The van der Waals surface area contributed by atoms with Crippen LogP contribution in [0.2, 0.25) is 0 Å². The molecule has 0 bridgehead atoms. The smallest absolute Gasteiger partial charge is 0.189 e. The van der Waals surface area contributed by atoms with E-state index in [1.165, 1.54) is 6.07 Å². The first-order valence-corrected chi connectivity index (χ1v) is 6.03. The Kier molecular flexibility index (Phi) is 4.38. The van der Waals surface area contributed by atoms with Crippen LogP contribution in [0.5, 0.6) is 5.75 Å². The Hall–Kier alpha value is -2.05. The molecule has 0 saturated heterocycles. The van der Waals surface area contributed by atoms with E-state index in [-0.39, 0.29) is 12.4 Å². The highest BCUT2D eigenvalue weighted by Crippen LogP contribution is 2.16. The number of hydrogen-bond donors (Lipinski definition) is 0. The maximum absolute atomic E-state index is 13.0. The van der Waals surface area contributed by atoms with Gasteiger partial charge in [0.05, 0.1) is 0 Å². The van der Waals surface area contributed by atoms with Crippen LogP contribution in [0.3, 0.4) is 0 Å². The van der Waals surface area contributed by atoms with Crippen molar-refractivity contribution in [1.29, 1.82) is 0 Å². The molecule has 0 atom stereocenters. The molecule has 2 aromatic rings. The normalized spacial score (nSPS) is 10.7. The fourth-order valence-electron chi connectivity index (χ4n) is 1.52. The first-order valence-electron chi connectivity index (χ1n) is 6.03. The highest BCUT2D eigenvalue weighted by atomic mass is 19.2. The zero-order chi connectivity index (χ0) is 13.7. The molecular formula is C12H14F2N4O. The number of benzene rings is 1. The van der Waals surface area contributed by atoms with Gasteiger partial charge in [0.25, 0.3) is 0 Å². The molecule has 102 valence electrons. The average Bonchev–Trinajstić information content (AvgIpc) is 2.85. The molecule has 2 rings (SSSR count). The van der Waals surface area contributed by atoms with Gasteiger partial charge in [-0.3, -0.25) is 0 Å². The number of aryl methyl sites for hydroxylation is 1. The summed E-state index contributed by atoms with van der Waals surface area (Å²) in [5.74, 6) is -1.05. The van der Waals surface area contributed by atoms with Gasteiger partial charge in [0.2, 0.25) is 0 Å². The van der Waals surface area contributed by atoms with Gasteiger partial charge in [0.15, 0.2) is 17.5 Å². The number of unbranched alkanes of at least 4 members (excludes halogenated alkanes) is 1. The predicted molar refractivity (Wildman–Crippen MR) is 63.4 cm³/mol. The van der Waals surface area contributed by atoms with Crippen LogP contribution in [0.15, 0.2) is 18.2 Å². The van der Waals surface area contributed by atoms with Crippen molar-refractivity contribution >= 4 is 0 Å². The third-order valence-corrected chi connectivity index (χ3v) is 2.59. The van der Waals surface area contributed by atoms with Crippen molar-refractivity contribution in [1.82, 2.24) is 20.2 Å². The van der Waals surface area contributed by atoms with Crippen molar-refractivity contribution in [2.24, 2.45) is 0 Å². The number of hydrogen-bond acceptors (Lipinski definition) is 4. The topological polar surface area (TPSA) is 52.8 Å². The molecule has 5 nitrogen and oxygen atoms in total. The molecule has 1 aromatic heterocycles. The molecule has 7 heteroatoms. The summed E-state index contributed by atoms with van der Waals surface area (Å²) in [6.45, 7) is 2.89. The Morgan fingerprint density at radius 2 is 2.11 bits per heavy atom. The fraction of sp³-hybridized carbons (Fsp3) is 0.417. The third kappa shape index (κ3) is 3.46. The highest BCUT2D eigenvalue weighted by Gasteiger charge is 2.08. The van der Waals surface area contributed by atoms with Gasteiger partial charge in [-0.2, -0.15) is 0 Å². The van der Waals surface area contributed by atoms with Crippen LogP contribution >= 0.6 is 0 Å². The van der Waals surface area contributed by atoms with Gasteiger partial charge >= 0.3 is 0 Å². The first kappa shape index (κ1) is 13.4. The van der Waals surface area contributed by atoms with Gasteiger partial charge in [-0.25, -0.2) is 13.5 Å². The molecule has 19 heavy (non-hydrogen) atoms. The summed E-state index contributed by atoms with van der Waals surface area (Å²) < 4.78 is 32.7. The van der Waals surface area contributed by atoms with Gasteiger partial charge in [0.1, 0.15) is 12.4 Å². The molecule has 0 aliphatic rings. The van der Waals surface area contributed by atoms with Crippen LogP contribution in [0.25, 0.3) is 0 Å². The zero-order valence-electron chi connectivity index (χ0n) is 10.5. The van der Waals surface area contributed by atoms with E-state index in [9.17, 15) is 8.78 Å². The second-order valence-electron chi connectivity index (χ2n) is 4.04. The minimum Gasteiger partial charge on any atom is -0.485 e. The van der Waals surface area contributed by atoms with Crippen LogP contribution in [0.4, 0.5) is 8.78 Å². The number of tetrazole rings is 1. The standard InChI is InChI=1S/C12H14F2N4O/c1-2-3-6-18-12(15-16-17-18)8-19-9-4-5-10(13)11(14)7-9/h4-5,7H,2-3,6,8H2,1H3. The van der Waals surface area contributed by atoms with Crippen molar-refractivity contribution in [3.63, 3.8) is 0 Å². The van der Waals surface area contributed by atoms with E-state index in [2.05, 4.69) is 22.4 Å². The van der Waals surface area contributed by atoms with Gasteiger partial charge in [-0.15, -0.1) is 5.10 Å². The molecular weight excluding hydrogens is 254 g/mol. The maximum Gasteiger partial charge on any atom is 0.189 e. The molecule has 0 fully saturated rings. The summed E-state index contributed by atoms with van der Waals surface area (Å²) in [4.78, 5) is 0. The first-order chi connectivity index (χ1) is 9.20. The van der Waals surface area contributed by atoms with Gasteiger partial charge in [-0.1, -0.05) is 13.3 Å². The molecule has 0 aliphatic heterocycles. The monoisotopic (exact) mass is 268 g/mol. The molecule has 1 aromatic carbocycles. The van der Waals surface area contributed by atoms with Gasteiger partial charge in [-0.05, 0) is 29.0 Å². The average molecular weight is 268 g/mol. The summed E-state index contributed by atoms with van der Waals surface area (Å²) in [6, 6.07) is 3.37. The fourth-order valence-corrected chi connectivity index (χ4v) is 1.52. The van der Waals surface area contributed by atoms with E-state index >= 15 is 0 Å². The van der Waals surface area contributed by atoms with Crippen molar-refractivity contribution < 1.29 is 13.5 Å². The Balaban J connectivity index is 1.98. The van der Waals surface area contributed by atoms with E-state index in [1.54, 1.807) is 4.68 Å². The molecule has 0 N–H and O–H groups in total. The Labute approximate surface area is 109 Å². The summed E-state index contributed by atoms with van der Waals surface area (Å²) >= 11 is 0. The second kappa shape index (κ2) is 6.21. The Bertz CT molecular complexity index is 544. The molecule has 0 radical (unpaired) electrons. The summed E-state index contributed by atoms with van der Waals surface area (Å²) in [6.07, 6.45) is 1.99. The SMILES string of the molecule is CCCCn1nnnc1COc1ccc(F)c(F)c1. The van der Waals surface area contributed by atoms with Gasteiger partial charge < -0.3 is 4.74 Å². The van der Waals surface area contributed by atoms with Crippen molar-refractivity contribution in [2.75, 3.05) is 0 Å². The molecule has 0 unspecified atom stereocenters. The number of aromatic nitrogens is 4. The summed E-state index contributed by atoms with van der Waals surface area (Å²) in [7, 11) is 0. The number of halogens is 2. The predicted octanol–water partition coefficient (Wildman–Crippen LogP) is 2.33. The highest BCUT2D eigenvalue weighted by molar-refractivity contribution is 5.23. The minimum absolute atomic E-state index is 0.113. The van der Waals surface area contributed by atoms with Crippen LogP contribution in [0.1, 0.15) is 25.6 Å². The molecule has 1 heterocycles. The van der Waals surface area contributed by atoms with E-state index in [4.69, 9.17) is 4.74 Å². The molecule has 0 aliphatic carbocycles. The summed E-state index contributed by atoms with van der Waals surface area (Å²) in [5, 5.41) is 11.2. The van der Waals surface area contributed by atoms with Crippen molar-refractivity contribution in [3.8, 4) is 5.75 Å². The minimum atomic E-state index is -0.942. The largest absolute Gasteiger partial charge is 0.485 e. The van der Waals surface area contributed by atoms with Crippen LogP contribution < -0.4 is 4.74 Å². The van der Waals surface area contributed by atoms with E-state index < -0.39 is 11.6 Å².